The zero-order valence-electron chi connectivity index (χ0n) is 20.1. The molecule has 7 rings (SSSR count). The van der Waals surface area contributed by atoms with Gasteiger partial charge in [0.1, 0.15) is 18.0 Å². The summed E-state index contributed by atoms with van der Waals surface area (Å²) in [6.07, 6.45) is 6.37. The highest BCUT2D eigenvalue weighted by molar-refractivity contribution is 5.46. The van der Waals surface area contributed by atoms with E-state index in [9.17, 15) is 13.2 Å². The monoisotopic (exact) mass is 495 g/mol. The fraction of sp³-hybridized carbons (Fsp3) is 0.538. The minimum Gasteiger partial charge on any atom is -0.356 e. The third kappa shape index (κ3) is 3.12. The molecule has 2 aliphatic carbocycles. The smallest absolute Gasteiger partial charge is 0.242 e. The summed E-state index contributed by atoms with van der Waals surface area (Å²) in [4.78, 5) is 15.9. The number of anilines is 2. The Balaban J connectivity index is 1.14. The Morgan fingerprint density at radius 1 is 1.06 bits per heavy atom. The van der Waals surface area contributed by atoms with Crippen LogP contribution >= 0.6 is 0 Å². The molecule has 1 aromatic carbocycles. The predicted molar refractivity (Wildman–Crippen MR) is 127 cm³/mol. The van der Waals surface area contributed by atoms with Crippen LogP contribution in [0.3, 0.4) is 0 Å². The van der Waals surface area contributed by atoms with Crippen molar-refractivity contribution in [1.82, 2.24) is 24.7 Å². The minimum atomic E-state index is -1.43. The molecule has 2 aliphatic heterocycles. The van der Waals surface area contributed by atoms with Crippen molar-refractivity contribution >= 4 is 11.8 Å². The Hall–Kier alpha value is -3.17. The molecule has 188 valence electrons. The number of hydrogen-bond acceptors (Lipinski definition) is 6. The van der Waals surface area contributed by atoms with Crippen LogP contribution in [0.25, 0.3) is 0 Å². The van der Waals surface area contributed by atoms with Gasteiger partial charge < -0.3 is 10.2 Å². The van der Waals surface area contributed by atoms with Gasteiger partial charge in [0.25, 0.3) is 0 Å². The first kappa shape index (κ1) is 22.1. The molecule has 1 saturated heterocycles. The molecule has 1 N–H and O–H groups in total. The fourth-order valence-electron chi connectivity index (χ4n) is 7.28. The summed E-state index contributed by atoms with van der Waals surface area (Å²) < 4.78 is 44.1. The van der Waals surface area contributed by atoms with Gasteiger partial charge in [-0.25, -0.2) is 27.8 Å². The van der Waals surface area contributed by atoms with Crippen molar-refractivity contribution in [3.8, 4) is 0 Å². The molecule has 0 radical (unpaired) electrons. The van der Waals surface area contributed by atoms with Crippen LogP contribution in [0.15, 0.2) is 24.5 Å². The van der Waals surface area contributed by atoms with Gasteiger partial charge in [-0.1, -0.05) is 12.5 Å². The number of benzene rings is 1. The highest BCUT2D eigenvalue weighted by Gasteiger charge is 2.70. The molecule has 2 aromatic heterocycles. The summed E-state index contributed by atoms with van der Waals surface area (Å²) in [5.41, 5.74) is 1.43. The Bertz CT molecular complexity index is 1340. The maximum absolute atomic E-state index is 14.7. The Labute approximate surface area is 207 Å². The number of rotatable bonds is 4. The Kier molecular flexibility index (Phi) is 4.85. The number of halogens is 3. The zero-order chi connectivity index (χ0) is 24.6. The minimum absolute atomic E-state index is 0.143. The predicted octanol–water partition coefficient (Wildman–Crippen LogP) is 4.44. The van der Waals surface area contributed by atoms with Gasteiger partial charge in [-0.3, -0.25) is 0 Å². The molecule has 3 aromatic rings. The van der Waals surface area contributed by atoms with Crippen molar-refractivity contribution in [3.63, 3.8) is 0 Å². The van der Waals surface area contributed by atoms with Gasteiger partial charge in [0.2, 0.25) is 5.95 Å². The molecule has 10 heteroatoms. The maximum atomic E-state index is 14.7. The molecule has 3 fully saturated rings. The number of nitrogens with zero attached hydrogens (tertiary/aromatic N) is 6. The SMILES string of the molecule is Cc1cc(N2C[C@H]3[C@H](Nc4nc5n(n4)CCCC[C@@H]5c4ccc(F)c(F)c4F)C4CCC43C2)ncn1. The summed E-state index contributed by atoms with van der Waals surface area (Å²) in [5.74, 6) is -1.00. The third-order valence-electron chi connectivity index (χ3n) is 9.14. The molecular formula is C26H28F3N7. The van der Waals surface area contributed by atoms with Crippen LogP contribution in [0.5, 0.6) is 0 Å². The largest absolute Gasteiger partial charge is 0.356 e. The van der Waals surface area contributed by atoms with Crippen molar-refractivity contribution < 1.29 is 13.2 Å². The van der Waals surface area contributed by atoms with Crippen molar-refractivity contribution in [2.45, 2.75) is 57.5 Å². The molecule has 4 aliphatic rings. The second-order valence-corrected chi connectivity index (χ2v) is 10.9. The van der Waals surface area contributed by atoms with E-state index < -0.39 is 23.4 Å². The molecule has 0 bridgehead atoms. The van der Waals surface area contributed by atoms with Crippen molar-refractivity contribution in [2.75, 3.05) is 23.3 Å². The van der Waals surface area contributed by atoms with Gasteiger partial charge in [-0.15, -0.1) is 5.10 Å². The van der Waals surface area contributed by atoms with Gasteiger partial charge in [0, 0.05) is 54.8 Å². The number of fused-ring (bicyclic) bond motifs is 1. The maximum Gasteiger partial charge on any atom is 0.242 e. The topological polar surface area (TPSA) is 71.8 Å². The van der Waals surface area contributed by atoms with Crippen molar-refractivity contribution in [3.05, 3.63) is 59.1 Å². The number of nitrogens with one attached hydrogen (secondary N) is 1. The van der Waals surface area contributed by atoms with Gasteiger partial charge >= 0.3 is 0 Å². The Morgan fingerprint density at radius 2 is 1.94 bits per heavy atom. The van der Waals surface area contributed by atoms with E-state index in [1.165, 1.54) is 18.9 Å². The first-order chi connectivity index (χ1) is 17.4. The van der Waals surface area contributed by atoms with Crippen LogP contribution in [-0.4, -0.2) is 43.9 Å². The summed E-state index contributed by atoms with van der Waals surface area (Å²) >= 11 is 0. The van der Waals surface area contributed by atoms with Gasteiger partial charge in [-0.05, 0) is 50.0 Å². The molecular weight excluding hydrogens is 467 g/mol. The average Bonchev–Trinajstić information content (AvgIpc) is 3.39. The van der Waals surface area contributed by atoms with E-state index >= 15 is 0 Å². The van der Waals surface area contributed by atoms with Crippen LogP contribution in [0.4, 0.5) is 24.9 Å². The number of aromatic nitrogens is 5. The molecule has 4 heterocycles. The highest BCUT2D eigenvalue weighted by Crippen LogP contribution is 2.68. The lowest BCUT2D eigenvalue weighted by atomic mass is 9.41. The Morgan fingerprint density at radius 3 is 2.75 bits per heavy atom. The number of aryl methyl sites for hydroxylation is 2. The lowest BCUT2D eigenvalue weighted by Crippen LogP contribution is -2.68. The normalized spacial score (nSPS) is 30.5. The van der Waals surface area contributed by atoms with Gasteiger partial charge in [-0.2, -0.15) is 4.98 Å². The summed E-state index contributed by atoms with van der Waals surface area (Å²) in [6.45, 7) is 4.61. The van der Waals surface area contributed by atoms with Crippen molar-refractivity contribution in [2.24, 2.45) is 17.3 Å². The van der Waals surface area contributed by atoms with Gasteiger partial charge in [0.15, 0.2) is 17.5 Å². The lowest BCUT2D eigenvalue weighted by molar-refractivity contribution is -0.117. The van der Waals surface area contributed by atoms with Crippen LogP contribution in [-0.2, 0) is 6.54 Å². The average molecular weight is 496 g/mol. The van der Waals surface area contributed by atoms with Crippen LogP contribution in [0, 0.1) is 41.6 Å². The first-order valence-electron chi connectivity index (χ1n) is 12.8. The van der Waals surface area contributed by atoms with Crippen LogP contribution in [0.1, 0.15) is 55.1 Å². The molecule has 2 unspecified atom stereocenters. The molecule has 5 atom stereocenters. The fourth-order valence-corrected chi connectivity index (χ4v) is 7.28. The zero-order valence-corrected chi connectivity index (χ0v) is 20.1. The van der Waals surface area contributed by atoms with E-state index in [0.717, 1.165) is 43.5 Å². The summed E-state index contributed by atoms with van der Waals surface area (Å²) in [6, 6.07) is 4.65. The van der Waals surface area contributed by atoms with E-state index in [1.54, 1.807) is 6.33 Å². The van der Waals surface area contributed by atoms with Crippen molar-refractivity contribution in [1.29, 1.82) is 0 Å². The van der Waals surface area contributed by atoms with E-state index in [0.29, 0.717) is 42.0 Å². The molecule has 0 amide bonds. The third-order valence-corrected chi connectivity index (χ3v) is 9.14. The van der Waals surface area contributed by atoms with E-state index in [1.807, 2.05) is 17.7 Å². The summed E-state index contributed by atoms with van der Waals surface area (Å²) in [7, 11) is 0. The van der Waals surface area contributed by atoms with Crippen LogP contribution < -0.4 is 10.2 Å². The standard InChI is InChI=1S/C26H28F3N7/c1-14-10-20(31-13-30-14)35-11-18-23(17-7-8-26(17,18)12-35)32-25-33-24-16(4-2-3-9-36(24)34-25)15-5-6-19(27)22(29)21(15)28/h5-6,10,13,16-18,23H,2-4,7-9,11-12H2,1H3,(H,32,34)/t16-,17?,18+,23-,26?/m1/s1. The second kappa shape index (κ2) is 7.91. The first-order valence-corrected chi connectivity index (χ1v) is 12.8. The molecule has 1 spiro atoms. The summed E-state index contributed by atoms with van der Waals surface area (Å²) in [5, 5.41) is 8.35. The highest BCUT2D eigenvalue weighted by atomic mass is 19.2. The second-order valence-electron chi connectivity index (χ2n) is 10.9. The van der Waals surface area contributed by atoms with E-state index in [-0.39, 0.29) is 11.6 Å². The number of hydrogen-bond donors (Lipinski definition) is 1. The quantitative estimate of drug-likeness (QED) is 0.540. The molecule has 2 saturated carbocycles. The van der Waals surface area contributed by atoms with Crippen LogP contribution in [0.2, 0.25) is 0 Å². The van der Waals surface area contributed by atoms with Gasteiger partial charge in [0.05, 0.1) is 0 Å². The lowest BCUT2D eigenvalue weighted by Gasteiger charge is -2.65. The molecule has 7 nitrogen and oxygen atoms in total. The van der Waals surface area contributed by atoms with E-state index in [4.69, 9.17) is 10.1 Å². The molecule has 36 heavy (non-hydrogen) atoms. The van der Waals surface area contributed by atoms with E-state index in [2.05, 4.69) is 20.2 Å².